The first-order valence-electron chi connectivity index (χ1n) is 5.74. The van der Waals surface area contributed by atoms with Crippen LogP contribution in [-0.2, 0) is 6.42 Å². The second-order valence-electron chi connectivity index (χ2n) is 4.37. The largest absolute Gasteiger partial charge is 0.249 e. The molecule has 2 heteroatoms. The summed E-state index contributed by atoms with van der Waals surface area (Å²) >= 11 is 3.47. The van der Waals surface area contributed by atoms with Crippen molar-refractivity contribution in [3.63, 3.8) is 0 Å². The summed E-state index contributed by atoms with van der Waals surface area (Å²) in [6.45, 7) is 4.54. The quantitative estimate of drug-likeness (QED) is 0.748. The van der Waals surface area contributed by atoms with Crippen molar-refractivity contribution < 1.29 is 0 Å². The molecule has 1 unspecified atom stereocenters. The van der Waals surface area contributed by atoms with Crippen molar-refractivity contribution in [2.24, 2.45) is 5.92 Å². The summed E-state index contributed by atoms with van der Waals surface area (Å²) in [6, 6.07) is 8.71. The first kappa shape index (κ1) is 11.6. The summed E-state index contributed by atoms with van der Waals surface area (Å²) in [4.78, 5) is 4.23. The molecule has 84 valence electrons. The van der Waals surface area contributed by atoms with Crippen LogP contribution >= 0.6 is 15.9 Å². The van der Waals surface area contributed by atoms with Crippen LogP contribution in [0.25, 0.3) is 10.8 Å². The molecule has 1 atom stereocenters. The molecule has 0 spiro atoms. The molecular formula is C14H16BrN. The maximum Gasteiger partial charge on any atom is 0.113 e. The minimum atomic E-state index is 0.753. The van der Waals surface area contributed by atoms with Crippen LogP contribution in [0, 0.1) is 5.92 Å². The molecule has 0 saturated heterocycles. The van der Waals surface area contributed by atoms with E-state index in [1.807, 2.05) is 6.20 Å². The van der Waals surface area contributed by atoms with Crippen molar-refractivity contribution >= 4 is 26.7 Å². The molecule has 0 radical (unpaired) electrons. The number of fused-ring (bicyclic) bond motifs is 1. The summed E-state index contributed by atoms with van der Waals surface area (Å²) in [5, 5.41) is 2.46. The monoisotopic (exact) mass is 277 g/mol. The van der Waals surface area contributed by atoms with E-state index in [1.54, 1.807) is 0 Å². The van der Waals surface area contributed by atoms with E-state index >= 15 is 0 Å². The first-order valence-corrected chi connectivity index (χ1v) is 6.53. The highest BCUT2D eigenvalue weighted by Crippen LogP contribution is 2.23. The molecule has 0 aliphatic carbocycles. The van der Waals surface area contributed by atoms with E-state index in [1.165, 1.54) is 22.8 Å². The summed E-state index contributed by atoms with van der Waals surface area (Å²) in [6.07, 6.45) is 4.24. The summed E-state index contributed by atoms with van der Waals surface area (Å²) in [5.74, 6) is 0.753. The molecule has 0 amide bonds. The topological polar surface area (TPSA) is 12.9 Å². The lowest BCUT2D eigenvalue weighted by Crippen LogP contribution is -1.97. The molecule has 1 nitrogen and oxygen atoms in total. The molecule has 0 N–H and O–H groups in total. The molecule has 0 bridgehead atoms. The molecule has 16 heavy (non-hydrogen) atoms. The third-order valence-corrected chi connectivity index (χ3v) is 3.69. The van der Waals surface area contributed by atoms with E-state index in [2.05, 4.69) is 59.0 Å². The zero-order valence-corrected chi connectivity index (χ0v) is 11.3. The Labute approximate surface area is 105 Å². The zero-order chi connectivity index (χ0) is 11.5. The molecule has 2 aromatic rings. The van der Waals surface area contributed by atoms with Crippen LogP contribution in [0.15, 0.2) is 35.1 Å². The molecule has 0 fully saturated rings. The van der Waals surface area contributed by atoms with Gasteiger partial charge in [0.1, 0.15) is 4.60 Å². The van der Waals surface area contributed by atoms with Gasteiger partial charge in [-0.2, -0.15) is 0 Å². The van der Waals surface area contributed by atoms with Crippen LogP contribution in [0.1, 0.15) is 25.8 Å². The van der Waals surface area contributed by atoms with Gasteiger partial charge in [-0.3, -0.25) is 0 Å². The van der Waals surface area contributed by atoms with Crippen molar-refractivity contribution in [1.29, 1.82) is 0 Å². The minimum Gasteiger partial charge on any atom is -0.249 e. The van der Waals surface area contributed by atoms with E-state index in [9.17, 15) is 0 Å². The molecule has 1 aromatic carbocycles. The van der Waals surface area contributed by atoms with Crippen LogP contribution in [0.5, 0.6) is 0 Å². The average Bonchev–Trinajstić information content (AvgIpc) is 2.29. The number of benzene rings is 1. The fourth-order valence-electron chi connectivity index (χ4n) is 1.86. The number of rotatable bonds is 3. The Morgan fingerprint density at radius 2 is 2.12 bits per heavy atom. The highest BCUT2D eigenvalue weighted by atomic mass is 79.9. The predicted molar refractivity (Wildman–Crippen MR) is 72.6 cm³/mol. The minimum absolute atomic E-state index is 0.753. The second-order valence-corrected chi connectivity index (χ2v) is 5.13. The number of hydrogen-bond donors (Lipinski definition) is 0. The van der Waals surface area contributed by atoms with Crippen LogP contribution in [0.2, 0.25) is 0 Å². The Hall–Kier alpha value is -0.890. The molecule has 1 aromatic heterocycles. The van der Waals surface area contributed by atoms with Gasteiger partial charge < -0.3 is 0 Å². The Morgan fingerprint density at radius 1 is 1.31 bits per heavy atom. The number of aromatic nitrogens is 1. The van der Waals surface area contributed by atoms with Crippen molar-refractivity contribution in [1.82, 2.24) is 4.98 Å². The van der Waals surface area contributed by atoms with Gasteiger partial charge in [0.15, 0.2) is 0 Å². The predicted octanol–water partition coefficient (Wildman–Crippen LogP) is 4.59. The number of nitrogens with zero attached hydrogens (tertiary/aromatic N) is 1. The lowest BCUT2D eigenvalue weighted by molar-refractivity contribution is 0.560. The maximum atomic E-state index is 4.23. The highest BCUT2D eigenvalue weighted by molar-refractivity contribution is 9.10. The lowest BCUT2D eigenvalue weighted by Gasteiger charge is -2.09. The summed E-state index contributed by atoms with van der Waals surface area (Å²) in [7, 11) is 0. The van der Waals surface area contributed by atoms with Crippen molar-refractivity contribution in [2.45, 2.75) is 26.7 Å². The van der Waals surface area contributed by atoms with Gasteiger partial charge in [0, 0.05) is 11.6 Å². The fourth-order valence-corrected chi connectivity index (χ4v) is 2.34. The van der Waals surface area contributed by atoms with E-state index in [4.69, 9.17) is 0 Å². The molecule has 0 aliphatic rings. The SMILES string of the molecule is CCC(C)Cc1ccc2c(Br)nccc2c1. The Balaban J connectivity index is 2.37. The van der Waals surface area contributed by atoms with Crippen LogP contribution in [0.3, 0.4) is 0 Å². The smallest absolute Gasteiger partial charge is 0.113 e. The van der Waals surface area contributed by atoms with Crippen LogP contribution in [-0.4, -0.2) is 4.98 Å². The maximum absolute atomic E-state index is 4.23. The van der Waals surface area contributed by atoms with Crippen LogP contribution in [0.4, 0.5) is 0 Å². The van der Waals surface area contributed by atoms with E-state index < -0.39 is 0 Å². The van der Waals surface area contributed by atoms with Gasteiger partial charge in [-0.25, -0.2) is 4.98 Å². The fraction of sp³-hybridized carbons (Fsp3) is 0.357. The Morgan fingerprint density at radius 3 is 2.88 bits per heavy atom. The van der Waals surface area contributed by atoms with Gasteiger partial charge in [-0.15, -0.1) is 0 Å². The van der Waals surface area contributed by atoms with E-state index in [0.717, 1.165) is 16.9 Å². The normalized spacial score (nSPS) is 12.9. The third kappa shape index (κ3) is 2.43. The molecule has 0 saturated carbocycles. The number of pyridine rings is 1. The second kappa shape index (κ2) is 4.96. The zero-order valence-electron chi connectivity index (χ0n) is 9.70. The van der Waals surface area contributed by atoms with Gasteiger partial charge in [-0.05, 0) is 45.3 Å². The first-order chi connectivity index (χ1) is 7.70. The van der Waals surface area contributed by atoms with Gasteiger partial charge in [-0.1, -0.05) is 38.5 Å². The van der Waals surface area contributed by atoms with Gasteiger partial charge >= 0.3 is 0 Å². The lowest BCUT2D eigenvalue weighted by atomic mass is 9.97. The highest BCUT2D eigenvalue weighted by Gasteiger charge is 2.04. The molecule has 1 heterocycles. The summed E-state index contributed by atoms with van der Waals surface area (Å²) in [5.41, 5.74) is 1.42. The van der Waals surface area contributed by atoms with Crippen molar-refractivity contribution in [2.75, 3.05) is 0 Å². The van der Waals surface area contributed by atoms with Gasteiger partial charge in [0.05, 0.1) is 0 Å². The molecular weight excluding hydrogens is 262 g/mol. The van der Waals surface area contributed by atoms with Gasteiger partial charge in [0.25, 0.3) is 0 Å². The van der Waals surface area contributed by atoms with E-state index in [0.29, 0.717) is 0 Å². The van der Waals surface area contributed by atoms with Crippen molar-refractivity contribution in [3.8, 4) is 0 Å². The Bertz CT molecular complexity index is 493. The van der Waals surface area contributed by atoms with Gasteiger partial charge in [0.2, 0.25) is 0 Å². The Kier molecular flexibility index (Phi) is 3.59. The summed E-state index contributed by atoms with van der Waals surface area (Å²) < 4.78 is 0.931. The average molecular weight is 278 g/mol. The number of halogens is 1. The molecule has 0 aliphatic heterocycles. The third-order valence-electron chi connectivity index (χ3n) is 3.06. The standard InChI is InChI=1S/C14H16BrN/c1-3-10(2)8-11-4-5-13-12(9-11)6-7-16-14(13)15/h4-7,9-10H,3,8H2,1-2H3. The van der Waals surface area contributed by atoms with E-state index in [-0.39, 0.29) is 0 Å². The molecule has 2 rings (SSSR count). The van der Waals surface area contributed by atoms with Crippen LogP contribution < -0.4 is 0 Å². The number of hydrogen-bond acceptors (Lipinski definition) is 1. The van der Waals surface area contributed by atoms with Crippen molar-refractivity contribution in [3.05, 3.63) is 40.6 Å².